The number of carbonyl (C=O) groups excluding carboxylic acids is 1. The van der Waals surface area contributed by atoms with Gasteiger partial charge in [0.15, 0.2) is 5.16 Å². The Bertz CT molecular complexity index is 763. The number of carbonyl (C=O) groups is 1. The van der Waals surface area contributed by atoms with Crippen molar-refractivity contribution in [3.05, 3.63) is 20.8 Å². The maximum absolute atomic E-state index is 12.4. The van der Waals surface area contributed by atoms with Crippen molar-refractivity contribution in [2.45, 2.75) is 50.4 Å². The summed E-state index contributed by atoms with van der Waals surface area (Å²) >= 11 is 2.96. The Labute approximate surface area is 131 Å². The summed E-state index contributed by atoms with van der Waals surface area (Å²) in [6.07, 6.45) is 3.15. The highest BCUT2D eigenvalue weighted by Gasteiger charge is 2.23. The van der Waals surface area contributed by atoms with E-state index in [0.29, 0.717) is 11.1 Å². The van der Waals surface area contributed by atoms with Crippen molar-refractivity contribution in [1.29, 1.82) is 0 Å². The van der Waals surface area contributed by atoms with Crippen LogP contribution in [0.4, 0.5) is 0 Å². The zero-order chi connectivity index (χ0) is 15.1. The molecule has 0 fully saturated rings. The third-order valence-electron chi connectivity index (χ3n) is 4.00. The minimum absolute atomic E-state index is 0.0645. The maximum Gasteiger partial charge on any atom is 0.260 e. The van der Waals surface area contributed by atoms with E-state index in [9.17, 15) is 9.59 Å². The lowest BCUT2D eigenvalue weighted by Crippen LogP contribution is -2.15. The van der Waals surface area contributed by atoms with Gasteiger partial charge in [-0.25, -0.2) is 4.98 Å². The Hall–Kier alpha value is -1.14. The van der Waals surface area contributed by atoms with Crippen LogP contribution < -0.4 is 5.56 Å². The number of Topliss-reactive ketones (excluding diaryl/α,β-unsaturated/α-hetero) is 1. The molecule has 0 saturated heterocycles. The molecule has 2 unspecified atom stereocenters. The normalized spacial score (nSPS) is 19.5. The fourth-order valence-electron chi connectivity index (χ4n) is 2.64. The van der Waals surface area contributed by atoms with Gasteiger partial charge in [0.25, 0.3) is 5.56 Å². The van der Waals surface area contributed by atoms with Crippen LogP contribution in [0.2, 0.25) is 0 Å². The molecular formula is C15H18N2O2S2. The first-order valence-corrected chi connectivity index (χ1v) is 8.87. The minimum Gasteiger partial charge on any atom is -0.301 e. The molecule has 0 spiro atoms. The summed E-state index contributed by atoms with van der Waals surface area (Å²) in [6.45, 7) is 5.64. The number of aryl methyl sites for hydroxylation is 1. The summed E-state index contributed by atoms with van der Waals surface area (Å²) in [4.78, 5) is 33.3. The van der Waals surface area contributed by atoms with E-state index in [-0.39, 0.29) is 16.6 Å². The Morgan fingerprint density at radius 3 is 3.00 bits per heavy atom. The number of thioether (sulfide) groups is 1. The highest BCUT2D eigenvalue weighted by molar-refractivity contribution is 8.00. The molecule has 4 nitrogen and oxygen atoms in total. The van der Waals surface area contributed by atoms with Crippen LogP contribution in [-0.2, 0) is 17.6 Å². The van der Waals surface area contributed by atoms with Gasteiger partial charge in [-0.3, -0.25) is 9.59 Å². The van der Waals surface area contributed by atoms with Crippen LogP contribution in [0.25, 0.3) is 10.2 Å². The maximum atomic E-state index is 12.4. The molecule has 1 N–H and O–H groups in total. The SMILES string of the molecule is CC(=O)C(C)Sc1nc2sc3c(c2c(=O)[nH]1)CCC(C)C3. The standard InChI is InChI=1S/C15H18N2O2S2/c1-7-4-5-10-11(6-7)21-14-12(10)13(19)16-15(17-14)20-9(3)8(2)18/h7,9H,4-6H2,1-3H3,(H,16,17,19). The van der Waals surface area contributed by atoms with E-state index < -0.39 is 0 Å². The number of H-pyrrole nitrogens is 1. The van der Waals surface area contributed by atoms with Crippen LogP contribution in [0.3, 0.4) is 0 Å². The van der Waals surface area contributed by atoms with E-state index in [0.717, 1.165) is 29.5 Å². The molecule has 1 aliphatic carbocycles. The van der Waals surface area contributed by atoms with Crippen molar-refractivity contribution < 1.29 is 4.79 Å². The number of hydrogen-bond acceptors (Lipinski definition) is 5. The molecule has 3 rings (SSSR count). The zero-order valence-electron chi connectivity index (χ0n) is 12.4. The average molecular weight is 322 g/mol. The van der Waals surface area contributed by atoms with Gasteiger partial charge in [0.1, 0.15) is 10.6 Å². The average Bonchev–Trinajstić information content (AvgIpc) is 2.75. The molecule has 21 heavy (non-hydrogen) atoms. The van der Waals surface area contributed by atoms with Crippen LogP contribution in [0.5, 0.6) is 0 Å². The number of hydrogen-bond donors (Lipinski definition) is 1. The third kappa shape index (κ3) is 2.79. The van der Waals surface area contributed by atoms with Crippen molar-refractivity contribution in [2.75, 3.05) is 0 Å². The molecule has 2 atom stereocenters. The Morgan fingerprint density at radius 1 is 1.52 bits per heavy atom. The van der Waals surface area contributed by atoms with E-state index >= 15 is 0 Å². The highest BCUT2D eigenvalue weighted by atomic mass is 32.2. The van der Waals surface area contributed by atoms with Gasteiger partial charge in [-0.05, 0) is 44.6 Å². The summed E-state index contributed by atoms with van der Waals surface area (Å²) in [7, 11) is 0. The van der Waals surface area contributed by atoms with E-state index in [1.165, 1.54) is 22.2 Å². The molecule has 1 aliphatic rings. The number of rotatable bonds is 3. The fourth-order valence-corrected chi connectivity index (χ4v) is 4.87. The van der Waals surface area contributed by atoms with Gasteiger partial charge >= 0.3 is 0 Å². The second kappa shape index (κ2) is 5.57. The zero-order valence-corrected chi connectivity index (χ0v) is 14.0. The first-order chi connectivity index (χ1) is 9.95. The lowest BCUT2D eigenvalue weighted by molar-refractivity contribution is -0.116. The van der Waals surface area contributed by atoms with Crippen molar-refractivity contribution in [3.8, 4) is 0 Å². The first kappa shape index (κ1) is 14.8. The van der Waals surface area contributed by atoms with Crippen LogP contribution >= 0.6 is 23.1 Å². The molecule has 0 bridgehead atoms. The second-order valence-corrected chi connectivity index (χ2v) is 8.19. The topological polar surface area (TPSA) is 62.8 Å². The van der Waals surface area contributed by atoms with Crippen molar-refractivity contribution in [1.82, 2.24) is 9.97 Å². The summed E-state index contributed by atoms with van der Waals surface area (Å²) < 4.78 is 0. The predicted octanol–water partition coefficient (Wildman–Crippen LogP) is 3.18. The smallest absolute Gasteiger partial charge is 0.260 e. The van der Waals surface area contributed by atoms with Gasteiger partial charge in [0.05, 0.1) is 10.6 Å². The fraction of sp³-hybridized carbons (Fsp3) is 0.533. The number of nitrogens with zero attached hydrogens (tertiary/aromatic N) is 1. The molecule has 112 valence electrons. The van der Waals surface area contributed by atoms with Gasteiger partial charge < -0.3 is 4.98 Å². The Morgan fingerprint density at radius 2 is 2.29 bits per heavy atom. The van der Waals surface area contributed by atoms with Crippen molar-refractivity contribution in [2.24, 2.45) is 5.92 Å². The molecule has 0 radical (unpaired) electrons. The highest BCUT2D eigenvalue weighted by Crippen LogP contribution is 2.36. The number of ketones is 1. The predicted molar refractivity (Wildman–Crippen MR) is 87.4 cm³/mol. The summed E-state index contributed by atoms with van der Waals surface area (Å²) in [6, 6.07) is 0. The molecule has 2 aromatic rings. The van der Waals surface area contributed by atoms with E-state index in [2.05, 4.69) is 16.9 Å². The number of nitrogens with one attached hydrogen (secondary N) is 1. The van der Waals surface area contributed by atoms with Crippen LogP contribution in [-0.4, -0.2) is 21.0 Å². The van der Waals surface area contributed by atoms with E-state index in [1.807, 2.05) is 6.92 Å². The quantitative estimate of drug-likeness (QED) is 0.696. The molecule has 2 heterocycles. The summed E-state index contributed by atoms with van der Waals surface area (Å²) in [5.41, 5.74) is 1.13. The lowest BCUT2D eigenvalue weighted by atomic mass is 9.89. The Balaban J connectivity index is 2.05. The monoisotopic (exact) mass is 322 g/mol. The molecule has 0 aromatic carbocycles. The number of thiophene rings is 1. The number of aromatic nitrogens is 2. The van der Waals surface area contributed by atoms with Gasteiger partial charge in [-0.2, -0.15) is 0 Å². The van der Waals surface area contributed by atoms with Crippen LogP contribution in [0, 0.1) is 5.92 Å². The number of fused-ring (bicyclic) bond motifs is 3. The van der Waals surface area contributed by atoms with Crippen LogP contribution in [0.15, 0.2) is 9.95 Å². The van der Waals surface area contributed by atoms with Gasteiger partial charge in [-0.15, -0.1) is 11.3 Å². The summed E-state index contributed by atoms with van der Waals surface area (Å²) in [5.74, 6) is 0.762. The van der Waals surface area contributed by atoms with Gasteiger partial charge in [-0.1, -0.05) is 18.7 Å². The third-order valence-corrected chi connectivity index (χ3v) is 6.25. The van der Waals surface area contributed by atoms with Crippen molar-refractivity contribution >= 4 is 39.1 Å². The van der Waals surface area contributed by atoms with E-state index in [4.69, 9.17) is 0 Å². The lowest BCUT2D eigenvalue weighted by Gasteiger charge is -2.17. The van der Waals surface area contributed by atoms with Gasteiger partial charge in [0, 0.05) is 4.88 Å². The van der Waals surface area contributed by atoms with E-state index in [1.54, 1.807) is 18.3 Å². The minimum atomic E-state index is -0.194. The second-order valence-electron chi connectivity index (χ2n) is 5.77. The molecule has 0 saturated carbocycles. The van der Waals surface area contributed by atoms with Gasteiger partial charge in [0.2, 0.25) is 0 Å². The summed E-state index contributed by atoms with van der Waals surface area (Å²) in [5, 5.41) is 1.11. The largest absolute Gasteiger partial charge is 0.301 e. The molecule has 0 aliphatic heterocycles. The van der Waals surface area contributed by atoms with Crippen molar-refractivity contribution in [3.63, 3.8) is 0 Å². The first-order valence-electron chi connectivity index (χ1n) is 7.17. The molecule has 6 heteroatoms. The van der Waals surface area contributed by atoms with Crippen LogP contribution in [0.1, 0.15) is 37.6 Å². The molecular weight excluding hydrogens is 304 g/mol. The molecule has 0 amide bonds. The number of aromatic amines is 1. The molecule has 2 aromatic heterocycles. The Kier molecular flexibility index (Phi) is 3.92.